The molecule has 11 aromatic carbocycles. The molecule has 2 aromatic heterocycles. The van der Waals surface area contributed by atoms with Crippen LogP contribution in [0, 0.1) is 0 Å². The van der Waals surface area contributed by atoms with Crippen molar-refractivity contribution < 1.29 is 0 Å². The Morgan fingerprint density at radius 3 is 1.36 bits per heavy atom. The van der Waals surface area contributed by atoms with Crippen LogP contribution in [0.4, 0.5) is 17.1 Å². The van der Waals surface area contributed by atoms with Gasteiger partial charge in [-0.05, 0) is 128 Å². The smallest absolute Gasteiger partial charge is 0.0547 e. The van der Waals surface area contributed by atoms with Gasteiger partial charge in [0.2, 0.25) is 0 Å². The van der Waals surface area contributed by atoms with E-state index in [1.807, 2.05) is 11.3 Å². The second-order valence-corrected chi connectivity index (χ2v) is 18.8. The lowest BCUT2D eigenvalue weighted by Gasteiger charge is -2.26. The molecule has 13 aromatic rings. The van der Waals surface area contributed by atoms with Crippen molar-refractivity contribution in [1.82, 2.24) is 4.57 Å². The minimum absolute atomic E-state index is 1.09. The third-order valence-corrected chi connectivity index (χ3v) is 14.9. The zero-order valence-corrected chi connectivity index (χ0v) is 38.5. The van der Waals surface area contributed by atoms with Gasteiger partial charge in [0.25, 0.3) is 0 Å². The first kappa shape index (κ1) is 40.5. The molecule has 324 valence electrons. The standard InChI is InChI=1S/C66H44N2S/c1-3-13-45(14-4-1)46-25-27-47(28-26-46)48-29-36-55(37-30-48)67(56-38-31-49(32-39-56)51-15-11-16-53(43-51)58-21-12-22-62-61-20-8-10-24-65(61)69-66(58)62)57-40-33-50(34-41-57)52-35-42-60-59-19-7-9-23-63(59)68(64(60)44-52)54-17-5-2-6-18-54/h1-44H. The normalized spacial score (nSPS) is 11.5. The zero-order chi connectivity index (χ0) is 45.7. The van der Waals surface area contributed by atoms with Crippen LogP contribution in [0.15, 0.2) is 267 Å². The average Bonchev–Trinajstić information content (AvgIpc) is 3.98. The van der Waals surface area contributed by atoms with Crippen LogP contribution in [0.5, 0.6) is 0 Å². The molecule has 0 saturated carbocycles. The number of nitrogens with zero attached hydrogens (tertiary/aromatic N) is 2. The topological polar surface area (TPSA) is 8.17 Å². The van der Waals surface area contributed by atoms with Gasteiger partial charge in [0.1, 0.15) is 0 Å². The molecule has 13 rings (SSSR count). The van der Waals surface area contributed by atoms with Crippen LogP contribution in [0.1, 0.15) is 0 Å². The van der Waals surface area contributed by atoms with E-state index in [0.29, 0.717) is 0 Å². The molecule has 0 aliphatic carbocycles. The minimum atomic E-state index is 1.09. The monoisotopic (exact) mass is 896 g/mol. The molecule has 69 heavy (non-hydrogen) atoms. The number of hydrogen-bond donors (Lipinski definition) is 0. The van der Waals surface area contributed by atoms with Gasteiger partial charge in [-0.25, -0.2) is 0 Å². The highest BCUT2D eigenvalue weighted by atomic mass is 32.1. The summed E-state index contributed by atoms with van der Waals surface area (Å²) in [7, 11) is 0. The Morgan fingerprint density at radius 1 is 0.275 bits per heavy atom. The molecule has 0 unspecified atom stereocenters. The summed E-state index contributed by atoms with van der Waals surface area (Å²) in [5, 5.41) is 5.15. The number of hydrogen-bond acceptors (Lipinski definition) is 2. The van der Waals surface area contributed by atoms with Crippen molar-refractivity contribution in [3.63, 3.8) is 0 Å². The highest BCUT2D eigenvalue weighted by Crippen LogP contribution is 2.42. The largest absolute Gasteiger partial charge is 0.311 e. The van der Waals surface area contributed by atoms with E-state index >= 15 is 0 Å². The molecule has 0 atom stereocenters. The molecule has 0 N–H and O–H groups in total. The number of aromatic nitrogens is 1. The molecule has 2 nitrogen and oxygen atoms in total. The van der Waals surface area contributed by atoms with Crippen molar-refractivity contribution in [1.29, 1.82) is 0 Å². The molecular formula is C66H44N2S. The number of thiophene rings is 1. The lowest BCUT2D eigenvalue weighted by atomic mass is 9.97. The summed E-state index contributed by atoms with van der Waals surface area (Å²) < 4.78 is 5.04. The van der Waals surface area contributed by atoms with Gasteiger partial charge in [-0.3, -0.25) is 0 Å². The van der Waals surface area contributed by atoms with Crippen LogP contribution in [0.25, 0.3) is 103 Å². The van der Waals surface area contributed by atoms with Crippen molar-refractivity contribution in [3.05, 3.63) is 267 Å². The first-order chi connectivity index (χ1) is 34.2. The average molecular weight is 897 g/mol. The molecule has 0 aliphatic heterocycles. The van der Waals surface area contributed by atoms with Gasteiger partial charge < -0.3 is 9.47 Å². The number of para-hydroxylation sites is 2. The van der Waals surface area contributed by atoms with Gasteiger partial charge >= 0.3 is 0 Å². The Balaban J connectivity index is 0.859. The van der Waals surface area contributed by atoms with Crippen LogP contribution in [0.2, 0.25) is 0 Å². The fourth-order valence-corrected chi connectivity index (χ4v) is 11.4. The van der Waals surface area contributed by atoms with E-state index < -0.39 is 0 Å². The van der Waals surface area contributed by atoms with Gasteiger partial charge in [-0.2, -0.15) is 0 Å². The van der Waals surface area contributed by atoms with Gasteiger partial charge in [-0.1, -0.05) is 194 Å². The van der Waals surface area contributed by atoms with Crippen molar-refractivity contribution in [3.8, 4) is 61.3 Å². The first-order valence-electron chi connectivity index (χ1n) is 23.6. The van der Waals surface area contributed by atoms with E-state index in [2.05, 4.69) is 276 Å². The Kier molecular flexibility index (Phi) is 10.1. The number of rotatable bonds is 9. The summed E-state index contributed by atoms with van der Waals surface area (Å²) in [6, 6.07) is 97.2. The SMILES string of the molecule is c1ccc(-c2ccc(-c3ccc(N(c4ccc(-c5cccc(-c6cccc7c6sc6ccccc67)c5)cc4)c4ccc(-c5ccc6c7ccccc7n(-c7ccccc7)c6c5)cc4)cc3)cc2)cc1. The maximum atomic E-state index is 2.39. The van der Waals surface area contributed by atoms with E-state index in [1.54, 1.807) is 0 Å². The zero-order valence-electron chi connectivity index (χ0n) is 37.7. The van der Waals surface area contributed by atoms with Crippen molar-refractivity contribution in [2.45, 2.75) is 0 Å². The minimum Gasteiger partial charge on any atom is -0.311 e. The van der Waals surface area contributed by atoms with Crippen LogP contribution >= 0.6 is 11.3 Å². The molecule has 0 spiro atoms. The summed E-state index contributed by atoms with van der Waals surface area (Å²) in [6.45, 7) is 0. The van der Waals surface area contributed by atoms with E-state index in [9.17, 15) is 0 Å². The quantitative estimate of drug-likeness (QED) is 0.140. The molecule has 0 radical (unpaired) electrons. The van der Waals surface area contributed by atoms with E-state index in [0.717, 1.165) is 22.7 Å². The number of benzene rings is 11. The number of anilines is 3. The Bertz CT molecular complexity index is 3960. The van der Waals surface area contributed by atoms with Crippen LogP contribution in [0.3, 0.4) is 0 Å². The second kappa shape index (κ2) is 17.2. The van der Waals surface area contributed by atoms with E-state index in [1.165, 1.54) is 97.6 Å². The fraction of sp³-hybridized carbons (Fsp3) is 0. The highest BCUT2D eigenvalue weighted by Gasteiger charge is 2.17. The van der Waals surface area contributed by atoms with Crippen molar-refractivity contribution in [2.75, 3.05) is 4.90 Å². The fourth-order valence-electron chi connectivity index (χ4n) is 10.2. The summed E-state index contributed by atoms with van der Waals surface area (Å²) >= 11 is 1.88. The molecule has 3 heteroatoms. The van der Waals surface area contributed by atoms with Gasteiger partial charge in [0.05, 0.1) is 11.0 Å². The molecule has 0 amide bonds. The van der Waals surface area contributed by atoms with Gasteiger partial charge in [0.15, 0.2) is 0 Å². The number of fused-ring (bicyclic) bond motifs is 6. The third kappa shape index (κ3) is 7.37. The van der Waals surface area contributed by atoms with E-state index in [-0.39, 0.29) is 0 Å². The maximum absolute atomic E-state index is 2.39. The lowest BCUT2D eigenvalue weighted by molar-refractivity contribution is 1.18. The van der Waals surface area contributed by atoms with Gasteiger partial charge in [0, 0.05) is 53.7 Å². The van der Waals surface area contributed by atoms with Gasteiger partial charge in [-0.15, -0.1) is 11.3 Å². The van der Waals surface area contributed by atoms with Crippen LogP contribution < -0.4 is 4.90 Å². The predicted molar refractivity (Wildman–Crippen MR) is 296 cm³/mol. The summed E-state index contributed by atoms with van der Waals surface area (Å²) in [5.41, 5.74) is 18.9. The Morgan fingerprint density at radius 2 is 0.710 bits per heavy atom. The first-order valence-corrected chi connectivity index (χ1v) is 24.4. The van der Waals surface area contributed by atoms with Crippen LogP contribution in [-0.2, 0) is 0 Å². The Labute approximate surface area is 405 Å². The highest BCUT2D eigenvalue weighted by molar-refractivity contribution is 7.26. The summed E-state index contributed by atoms with van der Waals surface area (Å²) in [5.74, 6) is 0. The molecule has 0 aliphatic rings. The van der Waals surface area contributed by atoms with Crippen LogP contribution in [-0.4, -0.2) is 4.57 Å². The lowest BCUT2D eigenvalue weighted by Crippen LogP contribution is -2.09. The summed E-state index contributed by atoms with van der Waals surface area (Å²) in [6.07, 6.45) is 0. The third-order valence-electron chi connectivity index (χ3n) is 13.6. The van der Waals surface area contributed by atoms with Crippen molar-refractivity contribution in [2.24, 2.45) is 0 Å². The van der Waals surface area contributed by atoms with Crippen molar-refractivity contribution >= 4 is 70.4 Å². The summed E-state index contributed by atoms with van der Waals surface area (Å²) in [4.78, 5) is 2.37. The second-order valence-electron chi connectivity index (χ2n) is 17.7. The maximum Gasteiger partial charge on any atom is 0.0547 e. The van der Waals surface area contributed by atoms with E-state index in [4.69, 9.17) is 0 Å². The molecule has 0 saturated heterocycles. The predicted octanol–water partition coefficient (Wildman–Crippen LogP) is 19.0. The molecule has 0 bridgehead atoms. The Hall–Kier alpha value is -8.76. The molecular weight excluding hydrogens is 853 g/mol. The molecule has 0 fully saturated rings. The molecule has 2 heterocycles.